The first kappa shape index (κ1) is 24.2. The Morgan fingerprint density at radius 3 is 2.33 bits per heavy atom. The molecular formula is C28H28F3N3O2. The zero-order chi connectivity index (χ0) is 25.4. The fourth-order valence-corrected chi connectivity index (χ4v) is 5.00. The Labute approximate surface area is 208 Å². The van der Waals surface area contributed by atoms with E-state index in [0.29, 0.717) is 11.3 Å². The van der Waals surface area contributed by atoms with E-state index in [1.165, 1.54) is 6.08 Å². The molecule has 2 aliphatic rings. The van der Waals surface area contributed by atoms with Crippen LogP contribution in [0.4, 0.5) is 18.9 Å². The summed E-state index contributed by atoms with van der Waals surface area (Å²) < 4.78 is 50.7. The quantitative estimate of drug-likeness (QED) is 0.484. The minimum atomic E-state index is -4.40. The van der Waals surface area contributed by atoms with Gasteiger partial charge in [-0.1, -0.05) is 30.3 Å². The number of pyridine rings is 1. The number of nitrogens with one attached hydrogen (secondary N) is 1. The Hall–Kier alpha value is -3.52. The van der Waals surface area contributed by atoms with Crippen molar-refractivity contribution in [1.29, 1.82) is 0 Å². The standard InChI is InChI=1S/C28H28F3N3O2/c1-17-15-34(16-18(2)36-17)21-10-7-19(8-11-21)24-14-33-26-22(5-4-6-23(26)27(24)35-3)20-9-12-25(32-13-20)28(29,30)31/h4-12,14,17-18,32H,13,15-16H2,1-3H3/t17-,18?/m1/s1. The summed E-state index contributed by atoms with van der Waals surface area (Å²) in [6.45, 7) is 5.93. The number of rotatable bonds is 4. The van der Waals surface area contributed by atoms with Crippen LogP contribution in [0, 0.1) is 0 Å². The van der Waals surface area contributed by atoms with Crippen molar-refractivity contribution in [3.8, 4) is 16.9 Å². The smallest absolute Gasteiger partial charge is 0.430 e. The van der Waals surface area contributed by atoms with Gasteiger partial charge in [0.2, 0.25) is 0 Å². The van der Waals surface area contributed by atoms with Crippen molar-refractivity contribution in [2.75, 3.05) is 31.6 Å². The van der Waals surface area contributed by atoms with E-state index in [1.807, 2.05) is 18.2 Å². The zero-order valence-electron chi connectivity index (χ0n) is 20.4. The fourth-order valence-electron chi connectivity index (χ4n) is 5.00. The Kier molecular flexibility index (Phi) is 6.38. The molecule has 0 spiro atoms. The molecule has 5 nitrogen and oxygen atoms in total. The maximum absolute atomic E-state index is 13.0. The number of allylic oxidation sites excluding steroid dienone is 3. The summed E-state index contributed by atoms with van der Waals surface area (Å²) in [5.41, 5.74) is 4.40. The Balaban J connectivity index is 1.49. The van der Waals surface area contributed by atoms with Crippen molar-refractivity contribution < 1.29 is 22.6 Å². The SMILES string of the molecule is COc1c(-c2ccc(N3CC(C)O[C@H](C)C3)cc2)cnc2c(C3=CC=C(C(F)(F)F)NC3)cccc12. The highest BCUT2D eigenvalue weighted by Crippen LogP contribution is 2.39. The minimum absolute atomic E-state index is 0.0659. The number of anilines is 1. The lowest BCUT2D eigenvalue weighted by molar-refractivity contribution is -0.0964. The zero-order valence-corrected chi connectivity index (χ0v) is 20.4. The summed E-state index contributed by atoms with van der Waals surface area (Å²) in [4.78, 5) is 7.05. The second kappa shape index (κ2) is 9.50. The van der Waals surface area contributed by atoms with E-state index < -0.39 is 11.9 Å². The van der Waals surface area contributed by atoms with Gasteiger partial charge in [0.15, 0.2) is 0 Å². The number of morpholine rings is 1. The Bertz CT molecular complexity index is 1320. The monoisotopic (exact) mass is 495 g/mol. The number of dihydropyridines is 1. The van der Waals surface area contributed by atoms with Crippen LogP contribution in [-0.4, -0.2) is 50.1 Å². The molecule has 188 valence electrons. The number of hydrogen-bond donors (Lipinski definition) is 1. The molecule has 36 heavy (non-hydrogen) atoms. The number of hydrogen-bond acceptors (Lipinski definition) is 5. The van der Waals surface area contributed by atoms with Crippen molar-refractivity contribution in [2.24, 2.45) is 0 Å². The van der Waals surface area contributed by atoms with Gasteiger partial charge in [0.05, 0.1) is 24.8 Å². The topological polar surface area (TPSA) is 46.6 Å². The maximum atomic E-state index is 13.0. The number of halogens is 3. The lowest BCUT2D eigenvalue weighted by atomic mass is 9.97. The summed E-state index contributed by atoms with van der Waals surface area (Å²) in [5, 5.41) is 3.28. The molecule has 2 aliphatic heterocycles. The van der Waals surface area contributed by atoms with Crippen molar-refractivity contribution in [2.45, 2.75) is 32.2 Å². The molecule has 1 fully saturated rings. The van der Waals surface area contributed by atoms with Gasteiger partial charge in [0.1, 0.15) is 11.4 Å². The van der Waals surface area contributed by atoms with E-state index in [1.54, 1.807) is 13.3 Å². The normalized spacial score (nSPS) is 20.6. The van der Waals surface area contributed by atoms with Crippen molar-refractivity contribution in [1.82, 2.24) is 10.3 Å². The van der Waals surface area contributed by atoms with Gasteiger partial charge in [0.25, 0.3) is 0 Å². The van der Waals surface area contributed by atoms with E-state index in [0.717, 1.165) is 52.5 Å². The van der Waals surface area contributed by atoms with Crippen LogP contribution in [0.25, 0.3) is 27.6 Å². The van der Waals surface area contributed by atoms with E-state index >= 15 is 0 Å². The molecule has 0 radical (unpaired) electrons. The molecule has 5 rings (SSSR count). The molecule has 1 saturated heterocycles. The van der Waals surface area contributed by atoms with Gasteiger partial charge in [-0.05, 0) is 49.3 Å². The molecular weight excluding hydrogens is 467 g/mol. The molecule has 1 N–H and O–H groups in total. The summed E-state index contributed by atoms with van der Waals surface area (Å²) in [5.74, 6) is 0.680. The molecule has 1 aromatic heterocycles. The average molecular weight is 496 g/mol. The van der Waals surface area contributed by atoms with Crippen molar-refractivity contribution >= 4 is 22.2 Å². The molecule has 3 heterocycles. The molecule has 0 bridgehead atoms. The number of ether oxygens (including phenoxy) is 2. The third-order valence-electron chi connectivity index (χ3n) is 6.59. The van der Waals surface area contributed by atoms with Crippen LogP contribution in [0.3, 0.4) is 0 Å². The van der Waals surface area contributed by atoms with Crippen LogP contribution in [0.15, 0.2) is 66.5 Å². The van der Waals surface area contributed by atoms with Crippen LogP contribution in [0.1, 0.15) is 19.4 Å². The molecule has 2 atom stereocenters. The van der Waals surface area contributed by atoms with E-state index in [-0.39, 0.29) is 18.8 Å². The molecule has 8 heteroatoms. The molecule has 0 saturated carbocycles. The lowest BCUT2D eigenvalue weighted by Gasteiger charge is -2.36. The second-order valence-corrected chi connectivity index (χ2v) is 9.24. The van der Waals surface area contributed by atoms with Gasteiger partial charge < -0.3 is 19.7 Å². The van der Waals surface area contributed by atoms with Gasteiger partial charge in [-0.2, -0.15) is 13.2 Å². The third-order valence-corrected chi connectivity index (χ3v) is 6.59. The van der Waals surface area contributed by atoms with E-state index in [4.69, 9.17) is 14.5 Å². The van der Waals surface area contributed by atoms with Crippen molar-refractivity contribution in [3.63, 3.8) is 0 Å². The molecule has 0 aliphatic carbocycles. The molecule has 2 aromatic carbocycles. The summed E-state index contributed by atoms with van der Waals surface area (Å²) in [6.07, 6.45) is 0.301. The number of alkyl halides is 3. The predicted molar refractivity (Wildman–Crippen MR) is 136 cm³/mol. The largest absolute Gasteiger partial charge is 0.495 e. The second-order valence-electron chi connectivity index (χ2n) is 9.24. The summed E-state index contributed by atoms with van der Waals surface area (Å²) in [7, 11) is 1.62. The van der Waals surface area contributed by atoms with Crippen LogP contribution in [0.2, 0.25) is 0 Å². The predicted octanol–water partition coefficient (Wildman–Crippen LogP) is 5.96. The number of benzene rings is 2. The first-order valence-electron chi connectivity index (χ1n) is 11.9. The molecule has 0 amide bonds. The summed E-state index contributed by atoms with van der Waals surface area (Å²) in [6, 6.07) is 14.0. The average Bonchev–Trinajstić information content (AvgIpc) is 2.86. The first-order chi connectivity index (χ1) is 17.2. The minimum Gasteiger partial charge on any atom is -0.495 e. The highest BCUT2D eigenvalue weighted by atomic mass is 19.4. The maximum Gasteiger partial charge on any atom is 0.430 e. The van der Waals surface area contributed by atoms with Crippen LogP contribution in [-0.2, 0) is 4.74 Å². The van der Waals surface area contributed by atoms with Crippen LogP contribution < -0.4 is 15.0 Å². The number of methoxy groups -OCH3 is 1. The van der Waals surface area contributed by atoms with Crippen LogP contribution >= 0.6 is 0 Å². The van der Waals surface area contributed by atoms with Gasteiger partial charge in [-0.15, -0.1) is 0 Å². The van der Waals surface area contributed by atoms with Gasteiger partial charge >= 0.3 is 6.18 Å². The number of aromatic nitrogens is 1. The van der Waals surface area contributed by atoms with Crippen molar-refractivity contribution in [3.05, 3.63) is 72.1 Å². The van der Waals surface area contributed by atoms with E-state index in [9.17, 15) is 13.2 Å². The number of fused-ring (bicyclic) bond motifs is 1. The third kappa shape index (κ3) is 4.65. The summed E-state index contributed by atoms with van der Waals surface area (Å²) >= 11 is 0. The van der Waals surface area contributed by atoms with Gasteiger partial charge in [0, 0.05) is 48.0 Å². The number of para-hydroxylation sites is 1. The molecule has 3 aromatic rings. The van der Waals surface area contributed by atoms with Gasteiger partial charge in [-0.3, -0.25) is 4.98 Å². The number of nitrogens with zero attached hydrogens (tertiary/aromatic N) is 2. The van der Waals surface area contributed by atoms with E-state index in [2.05, 4.69) is 48.3 Å². The highest BCUT2D eigenvalue weighted by molar-refractivity contribution is 5.98. The molecule has 1 unspecified atom stereocenters. The van der Waals surface area contributed by atoms with Gasteiger partial charge in [-0.25, -0.2) is 0 Å². The Morgan fingerprint density at radius 1 is 1.00 bits per heavy atom. The lowest BCUT2D eigenvalue weighted by Crippen LogP contribution is -2.45. The highest BCUT2D eigenvalue weighted by Gasteiger charge is 2.34. The fraction of sp³-hybridized carbons (Fsp3) is 0.321. The first-order valence-corrected chi connectivity index (χ1v) is 11.9. The van der Waals surface area contributed by atoms with Crippen LogP contribution in [0.5, 0.6) is 5.75 Å². The Morgan fingerprint density at radius 2 is 1.72 bits per heavy atom.